The minimum atomic E-state index is -0.664. The molecule has 1 atom stereocenters. The number of ketones is 1. The van der Waals surface area contributed by atoms with Gasteiger partial charge in [-0.05, 0) is 69.5 Å². The predicted octanol–water partition coefficient (Wildman–Crippen LogP) is 7.06. The van der Waals surface area contributed by atoms with Gasteiger partial charge in [0.05, 0.1) is 26.8 Å². The molecule has 1 aliphatic carbocycles. The SMILES string of the molecule is CCOC(=O)C1=C(C)NC2=C(C(=O)c3ccccc32)[C@@H]1c1cc(Br)c(OCc2ccccc2F)c(Br)c1. The molecule has 0 bridgehead atoms. The van der Waals surface area contributed by atoms with Crippen LogP contribution in [0.1, 0.15) is 46.8 Å². The maximum Gasteiger partial charge on any atom is 0.336 e. The minimum absolute atomic E-state index is 0.0345. The normalized spacial score (nSPS) is 16.4. The zero-order chi connectivity index (χ0) is 26.3. The molecule has 0 fully saturated rings. The first-order valence-electron chi connectivity index (χ1n) is 11.7. The summed E-state index contributed by atoms with van der Waals surface area (Å²) in [6, 6.07) is 17.5. The molecule has 8 heteroatoms. The lowest BCUT2D eigenvalue weighted by Gasteiger charge is -2.29. The fraction of sp³-hybridized carbons (Fsp3) is 0.172. The number of allylic oxidation sites excluding steroid dienone is 2. The number of nitrogens with one attached hydrogen (secondary N) is 1. The molecule has 1 N–H and O–H groups in total. The molecule has 37 heavy (non-hydrogen) atoms. The Morgan fingerprint density at radius 3 is 2.35 bits per heavy atom. The van der Waals surface area contributed by atoms with Crippen LogP contribution in [0, 0.1) is 5.82 Å². The quantitative estimate of drug-likeness (QED) is 0.297. The van der Waals surface area contributed by atoms with E-state index in [1.165, 1.54) is 6.07 Å². The van der Waals surface area contributed by atoms with Crippen LogP contribution < -0.4 is 10.1 Å². The standard InChI is InChI=1S/C29H22Br2FNO4/c1-3-36-29(35)23-15(2)33-26-18-9-5-6-10-19(18)27(34)25(26)24(23)17-12-20(30)28(21(31)13-17)37-14-16-8-4-7-11-22(16)32/h4-13,24,33H,3,14H2,1-2H3/t24-/m1/s1. The Morgan fingerprint density at radius 1 is 1.03 bits per heavy atom. The maximum absolute atomic E-state index is 14.1. The number of esters is 1. The van der Waals surface area contributed by atoms with Crippen LogP contribution in [0.4, 0.5) is 4.39 Å². The van der Waals surface area contributed by atoms with Gasteiger partial charge in [-0.2, -0.15) is 0 Å². The van der Waals surface area contributed by atoms with Crippen molar-refractivity contribution in [1.29, 1.82) is 0 Å². The molecule has 5 nitrogen and oxygen atoms in total. The van der Waals surface area contributed by atoms with E-state index in [9.17, 15) is 14.0 Å². The molecular formula is C29H22Br2FNO4. The number of ether oxygens (including phenoxy) is 2. The molecule has 0 aromatic heterocycles. The van der Waals surface area contributed by atoms with Crippen molar-refractivity contribution in [1.82, 2.24) is 5.32 Å². The third-order valence-electron chi connectivity index (χ3n) is 6.43. The number of hydrogen-bond acceptors (Lipinski definition) is 5. The third kappa shape index (κ3) is 4.53. The van der Waals surface area contributed by atoms with E-state index in [0.29, 0.717) is 53.9 Å². The molecule has 3 aromatic carbocycles. The van der Waals surface area contributed by atoms with Crippen LogP contribution >= 0.6 is 31.9 Å². The Labute approximate surface area is 230 Å². The number of carbonyl (C=O) groups is 2. The molecule has 1 aliphatic heterocycles. The Balaban J connectivity index is 1.59. The fourth-order valence-corrected chi connectivity index (χ4v) is 6.24. The largest absolute Gasteiger partial charge is 0.486 e. The number of carbonyl (C=O) groups excluding carboxylic acids is 2. The van der Waals surface area contributed by atoms with Crippen LogP contribution in [-0.4, -0.2) is 18.4 Å². The summed E-state index contributed by atoms with van der Waals surface area (Å²) in [4.78, 5) is 26.8. The number of Topliss-reactive ketones (excluding diaryl/α,β-unsaturated/α-hetero) is 1. The first kappa shape index (κ1) is 25.4. The van der Waals surface area contributed by atoms with E-state index in [0.717, 1.165) is 5.56 Å². The predicted molar refractivity (Wildman–Crippen MR) is 145 cm³/mol. The van der Waals surface area contributed by atoms with Crippen LogP contribution in [0.2, 0.25) is 0 Å². The molecular weight excluding hydrogens is 605 g/mol. The highest BCUT2D eigenvalue weighted by Crippen LogP contribution is 2.48. The summed E-state index contributed by atoms with van der Waals surface area (Å²) in [6.45, 7) is 3.80. The number of rotatable bonds is 6. The number of halogens is 3. The Bertz CT molecular complexity index is 1490. The van der Waals surface area contributed by atoms with E-state index in [1.54, 1.807) is 31.2 Å². The van der Waals surface area contributed by atoms with Crippen LogP contribution in [0.25, 0.3) is 5.70 Å². The van der Waals surface area contributed by atoms with Crippen molar-refractivity contribution in [2.24, 2.45) is 0 Å². The lowest BCUT2D eigenvalue weighted by Crippen LogP contribution is -2.29. The van der Waals surface area contributed by atoms with E-state index in [-0.39, 0.29) is 24.8 Å². The van der Waals surface area contributed by atoms with E-state index in [2.05, 4.69) is 37.2 Å². The van der Waals surface area contributed by atoms with Crippen molar-refractivity contribution in [2.75, 3.05) is 6.61 Å². The summed E-state index contributed by atoms with van der Waals surface area (Å²) < 4.78 is 26.6. The topological polar surface area (TPSA) is 64.6 Å². The van der Waals surface area contributed by atoms with Crippen LogP contribution in [0.15, 0.2) is 86.5 Å². The van der Waals surface area contributed by atoms with E-state index < -0.39 is 11.9 Å². The van der Waals surface area contributed by atoms with Gasteiger partial charge in [-0.1, -0.05) is 42.5 Å². The molecule has 0 saturated heterocycles. The molecule has 0 spiro atoms. The average molecular weight is 627 g/mol. The van der Waals surface area contributed by atoms with Gasteiger partial charge >= 0.3 is 5.97 Å². The maximum atomic E-state index is 14.1. The number of benzene rings is 3. The molecule has 0 saturated carbocycles. The molecule has 188 valence electrons. The number of hydrogen-bond donors (Lipinski definition) is 1. The van der Waals surface area contributed by atoms with Gasteiger partial charge in [-0.15, -0.1) is 0 Å². The van der Waals surface area contributed by atoms with Crippen molar-refractivity contribution in [3.05, 3.63) is 115 Å². The molecule has 2 aliphatic rings. The summed E-state index contributed by atoms with van der Waals surface area (Å²) in [5.41, 5.74) is 4.71. The van der Waals surface area contributed by atoms with Crippen LogP contribution in [0.3, 0.4) is 0 Å². The summed E-state index contributed by atoms with van der Waals surface area (Å²) >= 11 is 7.16. The second-order valence-electron chi connectivity index (χ2n) is 8.67. The molecule has 0 radical (unpaired) electrons. The summed E-state index contributed by atoms with van der Waals surface area (Å²) in [6.07, 6.45) is 0. The lowest BCUT2D eigenvalue weighted by molar-refractivity contribution is -0.138. The van der Waals surface area contributed by atoms with Gasteiger partial charge in [-0.25, -0.2) is 9.18 Å². The Morgan fingerprint density at radius 2 is 1.68 bits per heavy atom. The smallest absolute Gasteiger partial charge is 0.336 e. The zero-order valence-electron chi connectivity index (χ0n) is 20.0. The van der Waals surface area contributed by atoms with E-state index in [4.69, 9.17) is 9.47 Å². The fourth-order valence-electron chi connectivity index (χ4n) is 4.79. The molecule has 0 amide bonds. The summed E-state index contributed by atoms with van der Waals surface area (Å²) in [5.74, 6) is -1.15. The van der Waals surface area contributed by atoms with Crippen molar-refractivity contribution >= 4 is 49.3 Å². The molecule has 1 heterocycles. The zero-order valence-corrected chi connectivity index (χ0v) is 23.2. The first-order valence-corrected chi connectivity index (χ1v) is 13.3. The minimum Gasteiger partial charge on any atom is -0.486 e. The molecule has 5 rings (SSSR count). The van der Waals surface area contributed by atoms with Gasteiger partial charge in [0.2, 0.25) is 0 Å². The lowest BCUT2D eigenvalue weighted by atomic mass is 9.80. The van der Waals surface area contributed by atoms with E-state index >= 15 is 0 Å². The van der Waals surface area contributed by atoms with Gasteiger partial charge in [0.15, 0.2) is 5.78 Å². The van der Waals surface area contributed by atoms with Gasteiger partial charge < -0.3 is 14.8 Å². The third-order valence-corrected chi connectivity index (χ3v) is 7.61. The summed E-state index contributed by atoms with van der Waals surface area (Å²) in [5, 5.41) is 3.29. The van der Waals surface area contributed by atoms with Crippen LogP contribution in [0.5, 0.6) is 5.75 Å². The van der Waals surface area contributed by atoms with Crippen molar-refractivity contribution < 1.29 is 23.5 Å². The highest BCUT2D eigenvalue weighted by atomic mass is 79.9. The Kier molecular flexibility index (Phi) is 7.05. The second kappa shape index (κ2) is 10.3. The highest BCUT2D eigenvalue weighted by molar-refractivity contribution is 9.11. The monoisotopic (exact) mass is 625 g/mol. The molecule has 0 unspecified atom stereocenters. The first-order chi connectivity index (χ1) is 17.8. The van der Waals surface area contributed by atoms with Gasteiger partial charge in [-0.3, -0.25) is 4.79 Å². The Hall–Kier alpha value is -3.23. The van der Waals surface area contributed by atoms with E-state index in [1.807, 2.05) is 37.3 Å². The van der Waals surface area contributed by atoms with Crippen molar-refractivity contribution in [3.8, 4) is 5.75 Å². The van der Waals surface area contributed by atoms with Crippen molar-refractivity contribution in [2.45, 2.75) is 26.4 Å². The van der Waals surface area contributed by atoms with Crippen molar-refractivity contribution in [3.63, 3.8) is 0 Å². The second-order valence-corrected chi connectivity index (χ2v) is 10.4. The number of dihydropyridines is 1. The summed E-state index contributed by atoms with van der Waals surface area (Å²) in [7, 11) is 0. The van der Waals surface area contributed by atoms with Gasteiger partial charge in [0, 0.05) is 33.9 Å². The molecule has 3 aromatic rings. The number of fused-ring (bicyclic) bond motifs is 2. The average Bonchev–Trinajstić information content (AvgIpc) is 3.15. The van der Waals surface area contributed by atoms with Gasteiger partial charge in [0.25, 0.3) is 0 Å². The van der Waals surface area contributed by atoms with Gasteiger partial charge in [0.1, 0.15) is 18.2 Å². The van der Waals surface area contributed by atoms with Crippen LogP contribution in [-0.2, 0) is 16.1 Å². The highest BCUT2D eigenvalue weighted by Gasteiger charge is 2.43.